The van der Waals surface area contributed by atoms with E-state index in [1.165, 1.54) is 0 Å². The van der Waals surface area contributed by atoms with Crippen LogP contribution in [-0.2, 0) is 10.2 Å². The minimum absolute atomic E-state index is 0.120. The minimum Gasteiger partial charge on any atom is -0.467 e. The Bertz CT molecular complexity index is 850. The van der Waals surface area contributed by atoms with Crippen LogP contribution < -0.4 is 4.74 Å². The Balaban J connectivity index is 2.71. The van der Waals surface area contributed by atoms with Crippen LogP contribution in [-0.4, -0.2) is 27.1 Å². The van der Waals surface area contributed by atoms with E-state index in [0.717, 1.165) is 16.7 Å². The number of aliphatic hydroxyl groups excluding tert-OH is 1. The molecule has 0 aliphatic carbocycles. The summed E-state index contributed by atoms with van der Waals surface area (Å²) in [5.41, 5.74) is 6.95. The highest BCUT2D eigenvalue weighted by Gasteiger charge is 2.26. The maximum absolute atomic E-state index is 11.0. The lowest BCUT2D eigenvalue weighted by molar-refractivity contribution is 0.0477. The van der Waals surface area contributed by atoms with Crippen molar-refractivity contribution < 1.29 is 14.6 Å². The third-order valence-corrected chi connectivity index (χ3v) is 5.13. The number of methoxy groups -OCH3 is 1. The first-order chi connectivity index (χ1) is 13.0. The van der Waals surface area contributed by atoms with E-state index in [1.807, 2.05) is 24.3 Å². The van der Waals surface area contributed by atoms with E-state index in [0.29, 0.717) is 11.3 Å². The van der Waals surface area contributed by atoms with E-state index >= 15 is 0 Å². The van der Waals surface area contributed by atoms with Crippen molar-refractivity contribution in [2.75, 3.05) is 13.9 Å². The first-order valence-corrected chi connectivity index (χ1v) is 13.1. The molecule has 2 aromatic rings. The van der Waals surface area contributed by atoms with Crippen LogP contribution in [0, 0.1) is 11.5 Å². The van der Waals surface area contributed by atoms with Gasteiger partial charge in [0.1, 0.15) is 19.9 Å². The summed E-state index contributed by atoms with van der Waals surface area (Å²) < 4.78 is 11.1. The number of rotatable bonds is 5. The Morgan fingerprint density at radius 3 is 2.21 bits per heavy atom. The highest BCUT2D eigenvalue weighted by atomic mass is 28.3. The van der Waals surface area contributed by atoms with E-state index in [2.05, 4.69) is 70.1 Å². The van der Waals surface area contributed by atoms with Crippen LogP contribution in [0.4, 0.5) is 0 Å². The Hall–Kier alpha value is -2.06. The highest BCUT2D eigenvalue weighted by Crippen LogP contribution is 2.40. The summed E-state index contributed by atoms with van der Waals surface area (Å²) in [4.78, 5) is 0. The molecule has 0 radical (unpaired) electrons. The molecule has 150 valence electrons. The summed E-state index contributed by atoms with van der Waals surface area (Å²) in [5.74, 6) is 3.72. The van der Waals surface area contributed by atoms with Crippen molar-refractivity contribution in [3.63, 3.8) is 0 Å². The number of hydrogen-bond acceptors (Lipinski definition) is 3. The zero-order valence-electron chi connectivity index (χ0n) is 18.1. The van der Waals surface area contributed by atoms with Crippen LogP contribution in [0.15, 0.2) is 42.5 Å². The van der Waals surface area contributed by atoms with Crippen LogP contribution in [0.5, 0.6) is 5.75 Å². The average molecular weight is 397 g/mol. The zero-order valence-corrected chi connectivity index (χ0v) is 19.1. The van der Waals surface area contributed by atoms with Gasteiger partial charge in [0.15, 0.2) is 6.79 Å². The molecule has 1 unspecified atom stereocenters. The van der Waals surface area contributed by atoms with Crippen LogP contribution >= 0.6 is 0 Å². The molecule has 0 amide bonds. The van der Waals surface area contributed by atoms with Gasteiger partial charge in [-0.1, -0.05) is 76.7 Å². The Morgan fingerprint density at radius 2 is 1.68 bits per heavy atom. The molecule has 1 N–H and O–H groups in total. The molecule has 0 aromatic heterocycles. The van der Waals surface area contributed by atoms with Crippen molar-refractivity contribution in [3.8, 4) is 28.3 Å². The van der Waals surface area contributed by atoms with E-state index in [4.69, 9.17) is 9.47 Å². The van der Waals surface area contributed by atoms with Gasteiger partial charge in [-0.05, 0) is 28.7 Å². The smallest absolute Gasteiger partial charge is 0.188 e. The van der Waals surface area contributed by atoms with Crippen molar-refractivity contribution in [3.05, 3.63) is 53.6 Å². The second-order valence-electron chi connectivity index (χ2n) is 9.03. The Kier molecular flexibility index (Phi) is 7.11. The van der Waals surface area contributed by atoms with Gasteiger partial charge in [0.25, 0.3) is 0 Å². The maximum Gasteiger partial charge on any atom is 0.188 e. The molecule has 0 bridgehead atoms. The molecular formula is C24H32O3Si. The standard InChI is InChI=1S/C24H32O3Si/c1-24(2,3)21-16-19(18-11-9-8-10-12-18)15-20(23(21)27-17-26-4)22(25)13-14-28(5,6)7/h8-12,15-16,22,25H,17H2,1-7H3. The van der Waals surface area contributed by atoms with Crippen molar-refractivity contribution in [1.29, 1.82) is 0 Å². The molecule has 0 heterocycles. The van der Waals surface area contributed by atoms with Crippen molar-refractivity contribution in [2.45, 2.75) is 51.9 Å². The number of ether oxygens (including phenoxy) is 2. The Morgan fingerprint density at radius 1 is 1.04 bits per heavy atom. The van der Waals surface area contributed by atoms with Gasteiger partial charge in [0.2, 0.25) is 0 Å². The molecule has 0 saturated heterocycles. The molecule has 3 nitrogen and oxygen atoms in total. The Labute approximate surface area is 170 Å². The van der Waals surface area contributed by atoms with Gasteiger partial charge in [-0.25, -0.2) is 0 Å². The maximum atomic E-state index is 11.0. The summed E-state index contributed by atoms with van der Waals surface area (Å²) in [5, 5.41) is 11.0. The average Bonchev–Trinajstić information content (AvgIpc) is 2.63. The molecule has 2 aromatic carbocycles. The first-order valence-electron chi connectivity index (χ1n) is 9.59. The molecular weight excluding hydrogens is 364 g/mol. The quantitative estimate of drug-likeness (QED) is 0.409. The fourth-order valence-corrected chi connectivity index (χ4v) is 3.42. The van der Waals surface area contributed by atoms with Gasteiger partial charge in [-0.2, -0.15) is 0 Å². The molecule has 4 heteroatoms. The molecule has 0 aliphatic heterocycles. The number of aliphatic hydroxyl groups is 1. The molecule has 2 rings (SSSR count). The predicted molar refractivity (Wildman–Crippen MR) is 119 cm³/mol. The van der Waals surface area contributed by atoms with Crippen LogP contribution in [0.25, 0.3) is 11.1 Å². The minimum atomic E-state index is -1.61. The van der Waals surface area contributed by atoms with Crippen LogP contribution in [0.3, 0.4) is 0 Å². The first kappa shape index (κ1) is 22.2. The van der Waals surface area contributed by atoms with Gasteiger partial charge in [-0.3, -0.25) is 0 Å². The van der Waals surface area contributed by atoms with Crippen molar-refractivity contribution in [1.82, 2.24) is 0 Å². The lowest BCUT2D eigenvalue weighted by Gasteiger charge is -2.26. The summed E-state index contributed by atoms with van der Waals surface area (Å²) in [6.45, 7) is 13.0. The predicted octanol–water partition coefficient (Wildman–Crippen LogP) is 5.55. The van der Waals surface area contributed by atoms with Crippen molar-refractivity contribution in [2.24, 2.45) is 0 Å². The molecule has 0 saturated carbocycles. The normalized spacial score (nSPS) is 12.9. The van der Waals surface area contributed by atoms with Gasteiger partial charge in [0, 0.05) is 18.2 Å². The van der Waals surface area contributed by atoms with Crippen LogP contribution in [0.2, 0.25) is 19.6 Å². The summed E-state index contributed by atoms with van der Waals surface area (Å²) in [6, 6.07) is 14.3. The summed E-state index contributed by atoms with van der Waals surface area (Å²) >= 11 is 0. The second kappa shape index (κ2) is 8.96. The molecule has 1 atom stereocenters. The zero-order chi connectivity index (χ0) is 20.9. The lowest BCUT2D eigenvalue weighted by Crippen LogP contribution is -2.18. The third-order valence-electron chi connectivity index (χ3n) is 4.23. The van der Waals surface area contributed by atoms with Crippen LogP contribution in [0.1, 0.15) is 38.0 Å². The third kappa shape index (κ3) is 5.97. The lowest BCUT2D eigenvalue weighted by atomic mass is 9.82. The molecule has 0 spiro atoms. The monoisotopic (exact) mass is 396 g/mol. The number of benzene rings is 2. The van der Waals surface area contributed by atoms with Gasteiger partial charge < -0.3 is 14.6 Å². The van der Waals surface area contributed by atoms with E-state index in [1.54, 1.807) is 7.11 Å². The van der Waals surface area contributed by atoms with E-state index in [-0.39, 0.29) is 12.2 Å². The summed E-state index contributed by atoms with van der Waals surface area (Å²) in [6.07, 6.45) is -0.914. The fraction of sp³-hybridized carbons (Fsp3) is 0.417. The highest BCUT2D eigenvalue weighted by molar-refractivity contribution is 6.83. The van der Waals surface area contributed by atoms with Crippen molar-refractivity contribution >= 4 is 8.07 Å². The summed E-state index contributed by atoms with van der Waals surface area (Å²) in [7, 11) is -0.0166. The largest absolute Gasteiger partial charge is 0.467 e. The van der Waals surface area contributed by atoms with E-state index < -0.39 is 14.2 Å². The van der Waals surface area contributed by atoms with Gasteiger partial charge in [-0.15, -0.1) is 5.54 Å². The number of hydrogen-bond donors (Lipinski definition) is 1. The van der Waals surface area contributed by atoms with Gasteiger partial charge in [0.05, 0.1) is 0 Å². The molecule has 0 aliphatic rings. The fourth-order valence-electron chi connectivity index (χ4n) is 2.85. The SMILES string of the molecule is COCOc1c(C(O)C#C[Si](C)(C)C)cc(-c2ccccc2)cc1C(C)(C)C. The molecule has 0 fully saturated rings. The molecule has 28 heavy (non-hydrogen) atoms. The van der Waals surface area contributed by atoms with Gasteiger partial charge >= 0.3 is 0 Å². The van der Waals surface area contributed by atoms with E-state index in [9.17, 15) is 5.11 Å². The second-order valence-corrected chi connectivity index (χ2v) is 13.8. The topological polar surface area (TPSA) is 38.7 Å².